The predicted octanol–water partition coefficient (Wildman–Crippen LogP) is -0.0110. The van der Waals surface area contributed by atoms with Crippen molar-refractivity contribution in [2.75, 3.05) is 0 Å². The van der Waals surface area contributed by atoms with Gasteiger partial charge < -0.3 is 0 Å². The molecule has 0 aromatic carbocycles. The molecular formula is C6H9ClN2+2. The molecule has 0 radical (unpaired) electrons. The fraction of sp³-hybridized carbons (Fsp3) is 0.333. The van der Waals surface area contributed by atoms with E-state index in [2.05, 4.69) is 0 Å². The van der Waals surface area contributed by atoms with Gasteiger partial charge in [0.2, 0.25) is 0 Å². The lowest BCUT2D eigenvalue weighted by molar-refractivity contribution is -0.801. The molecule has 1 aromatic rings. The van der Waals surface area contributed by atoms with Crippen LogP contribution >= 0.6 is 11.6 Å². The van der Waals surface area contributed by atoms with Crippen LogP contribution in [0.5, 0.6) is 0 Å². The van der Waals surface area contributed by atoms with Crippen molar-refractivity contribution < 1.29 is 9.13 Å². The van der Waals surface area contributed by atoms with Gasteiger partial charge in [0.25, 0.3) is 0 Å². The van der Waals surface area contributed by atoms with Gasteiger partial charge in [-0.25, -0.2) is 0 Å². The number of hydrogen-bond donors (Lipinski definition) is 0. The van der Waals surface area contributed by atoms with Gasteiger partial charge in [-0.15, -0.1) is 9.13 Å². The van der Waals surface area contributed by atoms with Crippen LogP contribution in [0, 0.1) is 0 Å². The molecule has 0 N–H and O–H groups in total. The SMILES string of the molecule is C[n+]1ccc[n+](C)c1Cl. The molecule has 0 saturated heterocycles. The second kappa shape index (κ2) is 2.31. The third kappa shape index (κ3) is 1.19. The van der Waals surface area contributed by atoms with E-state index in [-0.39, 0.29) is 0 Å². The first-order valence-corrected chi connectivity index (χ1v) is 3.09. The summed E-state index contributed by atoms with van der Waals surface area (Å²) in [5, 5.41) is 0.720. The van der Waals surface area contributed by atoms with E-state index in [1.807, 2.05) is 41.7 Å². The van der Waals surface area contributed by atoms with Crippen molar-refractivity contribution in [1.29, 1.82) is 0 Å². The molecule has 0 bridgehead atoms. The van der Waals surface area contributed by atoms with Crippen molar-refractivity contribution in [3.05, 3.63) is 23.7 Å². The normalized spacial score (nSPS) is 9.67. The van der Waals surface area contributed by atoms with Crippen LogP contribution in [-0.4, -0.2) is 0 Å². The maximum Gasteiger partial charge on any atom is 0.519 e. The van der Waals surface area contributed by atoms with E-state index < -0.39 is 0 Å². The molecule has 0 unspecified atom stereocenters. The highest BCUT2D eigenvalue weighted by Crippen LogP contribution is 1.86. The van der Waals surface area contributed by atoms with Gasteiger partial charge in [0.1, 0.15) is 14.1 Å². The molecule has 0 aliphatic carbocycles. The van der Waals surface area contributed by atoms with E-state index in [9.17, 15) is 0 Å². The quantitative estimate of drug-likeness (QED) is 0.358. The Balaban J connectivity index is 3.25. The molecule has 0 spiro atoms. The van der Waals surface area contributed by atoms with Crippen LogP contribution < -0.4 is 9.13 Å². The highest BCUT2D eigenvalue weighted by molar-refractivity contribution is 6.26. The van der Waals surface area contributed by atoms with Gasteiger partial charge in [-0.2, -0.15) is 0 Å². The number of aromatic nitrogens is 2. The van der Waals surface area contributed by atoms with E-state index in [0.29, 0.717) is 0 Å². The zero-order chi connectivity index (χ0) is 6.85. The molecule has 1 aromatic heterocycles. The summed E-state index contributed by atoms with van der Waals surface area (Å²) >= 11 is 5.80. The van der Waals surface area contributed by atoms with Gasteiger partial charge in [-0.1, -0.05) is 0 Å². The lowest BCUT2D eigenvalue weighted by Crippen LogP contribution is -2.44. The summed E-state index contributed by atoms with van der Waals surface area (Å²) in [6, 6.07) is 1.94. The molecular weight excluding hydrogens is 136 g/mol. The summed E-state index contributed by atoms with van der Waals surface area (Å²) in [4.78, 5) is 0. The van der Waals surface area contributed by atoms with Crippen molar-refractivity contribution in [2.24, 2.45) is 14.1 Å². The standard InChI is InChI=1S/C6H9ClN2/c1-8-4-3-5-9(2)6(8)7/h3-5H,1-2H3/q+2. The lowest BCUT2D eigenvalue weighted by Gasteiger charge is -1.85. The first-order valence-electron chi connectivity index (χ1n) is 2.71. The summed E-state index contributed by atoms with van der Waals surface area (Å²) < 4.78 is 3.70. The zero-order valence-corrected chi connectivity index (χ0v) is 6.26. The van der Waals surface area contributed by atoms with Crippen molar-refractivity contribution >= 4 is 11.6 Å². The van der Waals surface area contributed by atoms with Gasteiger partial charge in [-0.3, -0.25) is 0 Å². The lowest BCUT2D eigenvalue weighted by atomic mass is 10.6. The van der Waals surface area contributed by atoms with E-state index in [1.54, 1.807) is 0 Å². The molecule has 0 saturated carbocycles. The van der Waals surface area contributed by atoms with Crippen molar-refractivity contribution in [1.82, 2.24) is 0 Å². The Hall–Kier alpha value is -0.630. The third-order valence-electron chi connectivity index (χ3n) is 1.20. The Morgan fingerprint density at radius 3 is 2.00 bits per heavy atom. The average molecular weight is 145 g/mol. The van der Waals surface area contributed by atoms with Crippen LogP contribution in [0.3, 0.4) is 0 Å². The maximum atomic E-state index is 5.80. The van der Waals surface area contributed by atoms with Crippen LogP contribution in [0.1, 0.15) is 0 Å². The number of halogens is 1. The van der Waals surface area contributed by atoms with Gasteiger partial charge in [0, 0.05) is 0 Å². The smallest absolute Gasteiger partial charge is 0.134 e. The summed E-state index contributed by atoms with van der Waals surface area (Å²) in [6.45, 7) is 0. The Labute approximate surface area is 59.3 Å². The summed E-state index contributed by atoms with van der Waals surface area (Å²) in [6.07, 6.45) is 3.81. The van der Waals surface area contributed by atoms with Crippen molar-refractivity contribution in [3.63, 3.8) is 0 Å². The Morgan fingerprint density at radius 2 is 1.67 bits per heavy atom. The fourth-order valence-electron chi connectivity index (χ4n) is 0.669. The van der Waals surface area contributed by atoms with Gasteiger partial charge in [0.15, 0.2) is 12.4 Å². The fourth-order valence-corrected chi connectivity index (χ4v) is 0.781. The van der Waals surface area contributed by atoms with Crippen molar-refractivity contribution in [3.8, 4) is 0 Å². The number of rotatable bonds is 0. The minimum Gasteiger partial charge on any atom is -0.134 e. The highest BCUT2D eigenvalue weighted by atomic mass is 35.5. The topological polar surface area (TPSA) is 7.76 Å². The monoisotopic (exact) mass is 144 g/mol. The van der Waals surface area contributed by atoms with E-state index >= 15 is 0 Å². The largest absolute Gasteiger partial charge is 0.519 e. The minimum atomic E-state index is 0.720. The molecule has 9 heavy (non-hydrogen) atoms. The molecule has 48 valence electrons. The maximum absolute atomic E-state index is 5.80. The summed E-state index contributed by atoms with van der Waals surface area (Å²) in [5.74, 6) is 0. The second-order valence-corrected chi connectivity index (χ2v) is 2.32. The number of aryl methyl sites for hydroxylation is 2. The van der Waals surface area contributed by atoms with Gasteiger partial charge >= 0.3 is 5.28 Å². The number of hydrogen-bond acceptors (Lipinski definition) is 0. The molecule has 0 aliphatic heterocycles. The Bertz CT molecular complexity index is 202. The van der Waals surface area contributed by atoms with E-state index in [0.717, 1.165) is 5.28 Å². The van der Waals surface area contributed by atoms with Crippen molar-refractivity contribution in [2.45, 2.75) is 0 Å². The first kappa shape index (κ1) is 6.49. The van der Waals surface area contributed by atoms with Gasteiger partial charge in [-0.05, 0) is 0 Å². The minimum absolute atomic E-state index is 0.720. The zero-order valence-electron chi connectivity index (χ0n) is 5.50. The summed E-state index contributed by atoms with van der Waals surface area (Å²) in [7, 11) is 3.81. The molecule has 0 fully saturated rings. The summed E-state index contributed by atoms with van der Waals surface area (Å²) in [5.41, 5.74) is 0. The molecule has 0 aliphatic rings. The molecule has 2 nitrogen and oxygen atoms in total. The second-order valence-electron chi connectivity index (χ2n) is 1.98. The Kier molecular flexibility index (Phi) is 1.67. The predicted molar refractivity (Wildman–Crippen MR) is 33.8 cm³/mol. The van der Waals surface area contributed by atoms with Crippen LogP contribution in [0.2, 0.25) is 5.28 Å². The Morgan fingerprint density at radius 1 is 1.22 bits per heavy atom. The van der Waals surface area contributed by atoms with Crippen LogP contribution in [0.4, 0.5) is 0 Å². The molecule has 3 heteroatoms. The molecule has 0 amide bonds. The van der Waals surface area contributed by atoms with Crippen LogP contribution in [-0.2, 0) is 14.1 Å². The van der Waals surface area contributed by atoms with Crippen LogP contribution in [0.15, 0.2) is 18.5 Å². The highest BCUT2D eigenvalue weighted by Gasteiger charge is 2.11. The first-order chi connectivity index (χ1) is 4.22. The van der Waals surface area contributed by atoms with Gasteiger partial charge in [0.05, 0.1) is 17.7 Å². The third-order valence-corrected chi connectivity index (χ3v) is 1.73. The molecule has 0 atom stereocenters. The number of nitrogens with zero attached hydrogens (tertiary/aromatic N) is 2. The van der Waals surface area contributed by atoms with Crippen LogP contribution in [0.25, 0.3) is 0 Å². The van der Waals surface area contributed by atoms with E-state index in [1.165, 1.54) is 0 Å². The molecule has 1 heterocycles. The average Bonchev–Trinajstić information content (AvgIpc) is 1.83. The molecule has 1 rings (SSSR count). The van der Waals surface area contributed by atoms with E-state index in [4.69, 9.17) is 11.6 Å².